The highest BCUT2D eigenvalue weighted by molar-refractivity contribution is 7.89. The first-order valence-electron chi connectivity index (χ1n) is 9.29. The standard InChI is InChI=1S/C22H27NO4S/c1-5-23(6-2)28(25,26)21-12-9-19(10-13-21)11-14-22(24)27-16-20-15-17(3)7-8-18(20)4/h7-15H,5-6,16H2,1-4H3/b14-11+. The summed E-state index contributed by atoms with van der Waals surface area (Å²) in [5.41, 5.74) is 3.90. The van der Waals surface area contributed by atoms with Crippen LogP contribution in [-0.2, 0) is 26.2 Å². The zero-order valence-electron chi connectivity index (χ0n) is 16.8. The Kier molecular flexibility index (Phi) is 7.54. The van der Waals surface area contributed by atoms with Crippen molar-refractivity contribution in [3.05, 3.63) is 70.8 Å². The lowest BCUT2D eigenvalue weighted by Gasteiger charge is -2.18. The van der Waals surface area contributed by atoms with Crippen molar-refractivity contribution in [3.8, 4) is 0 Å². The molecular formula is C22H27NO4S. The Morgan fingerprint density at radius 2 is 1.68 bits per heavy atom. The molecule has 6 heteroatoms. The number of esters is 1. The van der Waals surface area contributed by atoms with Gasteiger partial charge < -0.3 is 4.74 Å². The van der Waals surface area contributed by atoms with E-state index in [4.69, 9.17) is 4.74 Å². The van der Waals surface area contributed by atoms with Gasteiger partial charge in [0.25, 0.3) is 0 Å². The van der Waals surface area contributed by atoms with Gasteiger partial charge in [0.2, 0.25) is 10.0 Å². The highest BCUT2D eigenvalue weighted by atomic mass is 32.2. The molecule has 0 saturated heterocycles. The zero-order chi connectivity index (χ0) is 20.7. The summed E-state index contributed by atoms with van der Waals surface area (Å²) in [7, 11) is -3.48. The molecule has 28 heavy (non-hydrogen) atoms. The molecule has 2 rings (SSSR count). The summed E-state index contributed by atoms with van der Waals surface area (Å²) in [5.74, 6) is -0.444. The molecule has 0 radical (unpaired) electrons. The minimum Gasteiger partial charge on any atom is -0.458 e. The molecule has 0 fully saturated rings. The van der Waals surface area contributed by atoms with Gasteiger partial charge in [0, 0.05) is 19.2 Å². The Labute approximate surface area is 167 Å². The summed E-state index contributed by atoms with van der Waals surface area (Å²) in [5, 5.41) is 0. The van der Waals surface area contributed by atoms with Crippen LogP contribution in [0.2, 0.25) is 0 Å². The van der Waals surface area contributed by atoms with Crippen molar-refractivity contribution in [1.29, 1.82) is 0 Å². The molecule has 0 bridgehead atoms. The Morgan fingerprint density at radius 1 is 1.04 bits per heavy atom. The molecule has 0 atom stereocenters. The minimum absolute atomic E-state index is 0.220. The van der Waals surface area contributed by atoms with Gasteiger partial charge in [-0.25, -0.2) is 13.2 Å². The van der Waals surface area contributed by atoms with Crippen molar-refractivity contribution in [2.24, 2.45) is 0 Å². The number of hydrogen-bond acceptors (Lipinski definition) is 4. The van der Waals surface area contributed by atoms with E-state index in [0.717, 1.165) is 22.3 Å². The van der Waals surface area contributed by atoms with E-state index in [0.29, 0.717) is 13.1 Å². The van der Waals surface area contributed by atoms with E-state index in [9.17, 15) is 13.2 Å². The van der Waals surface area contributed by atoms with E-state index >= 15 is 0 Å². The van der Waals surface area contributed by atoms with E-state index in [1.54, 1.807) is 30.3 Å². The second-order valence-electron chi connectivity index (χ2n) is 6.53. The van der Waals surface area contributed by atoms with Gasteiger partial charge in [0.1, 0.15) is 6.61 Å². The maximum absolute atomic E-state index is 12.5. The Morgan fingerprint density at radius 3 is 2.29 bits per heavy atom. The van der Waals surface area contributed by atoms with Crippen LogP contribution in [0.3, 0.4) is 0 Å². The summed E-state index contributed by atoms with van der Waals surface area (Å²) in [4.78, 5) is 12.2. The predicted octanol–water partition coefficient (Wildman–Crippen LogP) is 4.09. The summed E-state index contributed by atoms with van der Waals surface area (Å²) in [6.07, 6.45) is 2.96. The van der Waals surface area contributed by atoms with E-state index in [1.165, 1.54) is 10.4 Å². The molecule has 0 unspecified atom stereocenters. The molecular weight excluding hydrogens is 374 g/mol. The van der Waals surface area contributed by atoms with Gasteiger partial charge in [-0.1, -0.05) is 49.7 Å². The van der Waals surface area contributed by atoms with Crippen LogP contribution in [0.5, 0.6) is 0 Å². The monoisotopic (exact) mass is 401 g/mol. The number of ether oxygens (including phenoxy) is 1. The van der Waals surface area contributed by atoms with Gasteiger partial charge in [-0.2, -0.15) is 4.31 Å². The molecule has 0 N–H and O–H groups in total. The number of carbonyl (C=O) groups is 1. The average Bonchev–Trinajstić information content (AvgIpc) is 2.68. The number of rotatable bonds is 8. The first kappa shape index (κ1) is 21.9. The molecule has 150 valence electrons. The van der Waals surface area contributed by atoms with E-state index in [2.05, 4.69) is 0 Å². The molecule has 2 aromatic rings. The number of aryl methyl sites for hydroxylation is 2. The van der Waals surface area contributed by atoms with Crippen molar-refractivity contribution in [1.82, 2.24) is 4.31 Å². The fourth-order valence-electron chi connectivity index (χ4n) is 2.78. The third-order valence-electron chi connectivity index (χ3n) is 4.51. The van der Waals surface area contributed by atoms with Gasteiger partial charge in [0.15, 0.2) is 0 Å². The summed E-state index contributed by atoms with van der Waals surface area (Å²) in [6.45, 7) is 8.66. The molecule has 2 aromatic carbocycles. The first-order chi connectivity index (χ1) is 13.3. The smallest absolute Gasteiger partial charge is 0.331 e. The summed E-state index contributed by atoms with van der Waals surface area (Å²) < 4.78 is 31.7. The van der Waals surface area contributed by atoms with E-state index in [1.807, 2.05) is 45.9 Å². The number of sulfonamides is 1. The molecule has 5 nitrogen and oxygen atoms in total. The van der Waals surface area contributed by atoms with Gasteiger partial charge >= 0.3 is 5.97 Å². The second-order valence-corrected chi connectivity index (χ2v) is 8.47. The Hall–Kier alpha value is -2.44. The maximum atomic E-state index is 12.5. The van der Waals surface area contributed by atoms with Crippen LogP contribution in [0.25, 0.3) is 6.08 Å². The minimum atomic E-state index is -3.48. The fourth-order valence-corrected chi connectivity index (χ4v) is 4.24. The molecule has 0 aliphatic heterocycles. The third-order valence-corrected chi connectivity index (χ3v) is 6.57. The predicted molar refractivity (Wildman–Crippen MR) is 111 cm³/mol. The molecule has 0 aromatic heterocycles. The second kappa shape index (κ2) is 9.66. The van der Waals surface area contributed by atoms with Gasteiger partial charge in [-0.05, 0) is 48.7 Å². The van der Waals surface area contributed by atoms with Gasteiger partial charge in [-0.3, -0.25) is 0 Å². The Balaban J connectivity index is 2.00. The van der Waals surface area contributed by atoms with Crippen molar-refractivity contribution >= 4 is 22.1 Å². The Bertz CT molecular complexity index is 943. The van der Waals surface area contributed by atoms with Gasteiger partial charge in [-0.15, -0.1) is 0 Å². The topological polar surface area (TPSA) is 63.7 Å². The lowest BCUT2D eigenvalue weighted by Crippen LogP contribution is -2.30. The average molecular weight is 402 g/mol. The van der Waals surface area contributed by atoms with Crippen LogP contribution >= 0.6 is 0 Å². The normalized spacial score (nSPS) is 11.9. The van der Waals surface area contributed by atoms with Crippen LogP contribution < -0.4 is 0 Å². The molecule has 0 spiro atoms. The lowest BCUT2D eigenvalue weighted by molar-refractivity contribution is -0.138. The van der Waals surface area contributed by atoms with Crippen LogP contribution in [-0.4, -0.2) is 31.8 Å². The highest BCUT2D eigenvalue weighted by Gasteiger charge is 2.20. The van der Waals surface area contributed by atoms with Crippen molar-refractivity contribution in [3.63, 3.8) is 0 Å². The molecule has 0 amide bonds. The molecule has 0 aliphatic carbocycles. The lowest BCUT2D eigenvalue weighted by atomic mass is 10.1. The third kappa shape index (κ3) is 5.53. The van der Waals surface area contributed by atoms with Crippen molar-refractivity contribution < 1.29 is 17.9 Å². The number of nitrogens with zero attached hydrogens (tertiary/aromatic N) is 1. The van der Waals surface area contributed by atoms with Crippen LogP contribution in [0.1, 0.15) is 36.1 Å². The number of hydrogen-bond donors (Lipinski definition) is 0. The molecule has 0 saturated carbocycles. The van der Waals surface area contributed by atoms with Crippen LogP contribution in [0.15, 0.2) is 53.4 Å². The summed E-state index contributed by atoms with van der Waals surface area (Å²) in [6, 6.07) is 12.5. The molecule has 0 heterocycles. The number of benzene rings is 2. The number of carbonyl (C=O) groups excluding carboxylic acids is 1. The van der Waals surface area contributed by atoms with Gasteiger partial charge in [0.05, 0.1) is 4.90 Å². The highest BCUT2D eigenvalue weighted by Crippen LogP contribution is 2.17. The van der Waals surface area contributed by atoms with Crippen LogP contribution in [0.4, 0.5) is 0 Å². The first-order valence-corrected chi connectivity index (χ1v) is 10.7. The fraction of sp³-hybridized carbons (Fsp3) is 0.318. The van der Waals surface area contributed by atoms with Crippen molar-refractivity contribution in [2.75, 3.05) is 13.1 Å². The maximum Gasteiger partial charge on any atom is 0.331 e. The SMILES string of the molecule is CCN(CC)S(=O)(=O)c1ccc(/C=C/C(=O)OCc2cc(C)ccc2C)cc1. The van der Waals surface area contributed by atoms with Crippen molar-refractivity contribution in [2.45, 2.75) is 39.2 Å². The zero-order valence-corrected chi connectivity index (χ0v) is 17.6. The van der Waals surface area contributed by atoms with E-state index < -0.39 is 16.0 Å². The largest absolute Gasteiger partial charge is 0.458 e. The van der Waals surface area contributed by atoms with Crippen LogP contribution in [0, 0.1) is 13.8 Å². The van der Waals surface area contributed by atoms with E-state index in [-0.39, 0.29) is 11.5 Å². The quantitative estimate of drug-likeness (QED) is 0.494. The molecule has 0 aliphatic rings. The summed E-state index contributed by atoms with van der Waals surface area (Å²) >= 11 is 0.